The number of rotatable bonds is 5. The highest BCUT2D eigenvalue weighted by atomic mass is 32.2. The number of nitrogens with zero attached hydrogens (tertiary/aromatic N) is 2. The number of carbonyl (C=O) groups is 1. The molecule has 4 rings (SSSR count). The summed E-state index contributed by atoms with van der Waals surface area (Å²) in [6.45, 7) is 5.09. The Morgan fingerprint density at radius 3 is 2.30 bits per heavy atom. The number of ether oxygens (including phenoxy) is 1. The minimum absolute atomic E-state index is 0.0788. The van der Waals surface area contributed by atoms with Crippen LogP contribution in [-0.4, -0.2) is 46.3 Å². The van der Waals surface area contributed by atoms with E-state index >= 15 is 0 Å². The molecule has 1 fully saturated rings. The summed E-state index contributed by atoms with van der Waals surface area (Å²) in [4.78, 5) is 14.5. The van der Waals surface area contributed by atoms with Crippen molar-refractivity contribution in [2.24, 2.45) is 11.7 Å². The summed E-state index contributed by atoms with van der Waals surface area (Å²) in [5.41, 5.74) is 8.25. The number of halogens is 3. The monoisotopic (exact) mass is 481 g/mol. The Hall–Kier alpha value is -2.43. The Kier molecular flexibility index (Phi) is 6.52. The number of anilines is 1. The third-order valence-electron chi connectivity index (χ3n) is 6.20. The Bertz CT molecular complexity index is 1010. The highest BCUT2D eigenvalue weighted by molar-refractivity contribution is 7.89. The van der Waals surface area contributed by atoms with Gasteiger partial charge in [0.1, 0.15) is 5.75 Å². The normalized spacial score (nSPS) is 24.4. The average molecular weight is 482 g/mol. The van der Waals surface area contributed by atoms with Gasteiger partial charge in [-0.3, -0.25) is 4.79 Å². The van der Waals surface area contributed by atoms with Gasteiger partial charge in [0, 0.05) is 30.3 Å². The third kappa shape index (κ3) is 5.07. The summed E-state index contributed by atoms with van der Waals surface area (Å²) in [7, 11) is 0. The Morgan fingerprint density at radius 1 is 1.09 bits per heavy atom. The van der Waals surface area contributed by atoms with E-state index < -0.39 is 17.7 Å². The van der Waals surface area contributed by atoms with E-state index in [1.54, 1.807) is 12.1 Å². The number of hydrogen-bond acceptors (Lipinski definition) is 5. The van der Waals surface area contributed by atoms with Crippen LogP contribution in [0.5, 0.6) is 5.75 Å². The first-order valence-corrected chi connectivity index (χ1v) is 11.8. The van der Waals surface area contributed by atoms with E-state index in [2.05, 4.69) is 9.64 Å². The third-order valence-corrected chi connectivity index (χ3v) is 8.06. The van der Waals surface area contributed by atoms with Gasteiger partial charge in [0.15, 0.2) is 4.90 Å². The summed E-state index contributed by atoms with van der Waals surface area (Å²) in [5, 5.41) is 0. The quantitative estimate of drug-likeness (QED) is 0.662. The van der Waals surface area contributed by atoms with Crippen LogP contribution < -0.4 is 15.4 Å². The van der Waals surface area contributed by atoms with Crippen molar-refractivity contribution in [1.82, 2.24) is 4.31 Å². The van der Waals surface area contributed by atoms with Crippen molar-refractivity contribution < 1.29 is 27.3 Å². The second-order valence-corrected chi connectivity index (χ2v) is 10.0. The molecule has 6 nitrogen and oxygen atoms in total. The van der Waals surface area contributed by atoms with Crippen molar-refractivity contribution >= 4 is 23.0 Å². The summed E-state index contributed by atoms with van der Waals surface area (Å²) in [5.74, 6) is -0.877. The number of amides is 1. The number of benzene rings is 2. The van der Waals surface area contributed by atoms with Crippen LogP contribution in [0, 0.1) is 5.92 Å². The van der Waals surface area contributed by atoms with E-state index in [0.29, 0.717) is 25.9 Å². The van der Waals surface area contributed by atoms with Crippen LogP contribution in [0.3, 0.4) is 0 Å². The molecule has 178 valence electrons. The van der Waals surface area contributed by atoms with E-state index in [1.165, 1.54) is 12.1 Å². The van der Waals surface area contributed by atoms with Crippen molar-refractivity contribution in [3.63, 3.8) is 0 Å². The number of carbonyl (C=O) groups excluding carboxylic acids is 1. The standard InChI is InChI=1S/C23H26F3N3O3S/c1-14-12-28(18-6-8-19(9-7-18)32-23(24,25)26)13-15(2)29(14)33(31)21-5-3-4-16-10-17(22(27)30)11-20(16)21/h3-9,14-15,17H,10-13H2,1-2H3,(H2,27,30). The summed E-state index contributed by atoms with van der Waals surface area (Å²) in [6, 6.07) is 11.3. The molecule has 2 aromatic rings. The van der Waals surface area contributed by atoms with Crippen molar-refractivity contribution in [2.45, 2.75) is 50.0 Å². The SMILES string of the molecule is CC1CN(c2ccc(OC(F)(F)F)cc2)CC(C)N1[S+]([O-])c1cccc2c1CC(C(N)=O)C2. The maximum absolute atomic E-state index is 13.7. The summed E-state index contributed by atoms with van der Waals surface area (Å²) >= 11 is -1.42. The summed E-state index contributed by atoms with van der Waals surface area (Å²) < 4.78 is 56.8. The first-order chi connectivity index (χ1) is 15.5. The maximum Gasteiger partial charge on any atom is 0.573 e. The van der Waals surface area contributed by atoms with E-state index in [1.807, 2.05) is 36.4 Å². The molecule has 33 heavy (non-hydrogen) atoms. The van der Waals surface area contributed by atoms with Gasteiger partial charge in [-0.1, -0.05) is 12.1 Å². The van der Waals surface area contributed by atoms with Gasteiger partial charge in [0.2, 0.25) is 5.91 Å². The van der Waals surface area contributed by atoms with E-state index in [-0.39, 0.29) is 29.7 Å². The lowest BCUT2D eigenvalue weighted by atomic mass is 10.1. The minimum atomic E-state index is -4.73. The van der Waals surface area contributed by atoms with Gasteiger partial charge in [0.05, 0.1) is 23.4 Å². The molecule has 4 atom stereocenters. The van der Waals surface area contributed by atoms with Crippen molar-refractivity contribution in [1.29, 1.82) is 0 Å². The lowest BCUT2D eigenvalue weighted by Gasteiger charge is -2.44. The Balaban J connectivity index is 1.48. The van der Waals surface area contributed by atoms with Crippen LogP contribution in [-0.2, 0) is 29.0 Å². The molecule has 0 aromatic heterocycles. The van der Waals surface area contributed by atoms with Crippen LogP contribution in [0.25, 0.3) is 0 Å². The molecule has 0 radical (unpaired) electrons. The molecule has 4 unspecified atom stereocenters. The first-order valence-electron chi connectivity index (χ1n) is 10.7. The van der Waals surface area contributed by atoms with E-state index in [9.17, 15) is 22.5 Å². The van der Waals surface area contributed by atoms with Gasteiger partial charge in [0.25, 0.3) is 0 Å². The van der Waals surface area contributed by atoms with Crippen molar-refractivity contribution in [3.8, 4) is 5.75 Å². The van der Waals surface area contributed by atoms with Gasteiger partial charge < -0.3 is 19.9 Å². The second kappa shape index (κ2) is 9.08. The second-order valence-electron chi connectivity index (χ2n) is 8.66. The zero-order valence-electron chi connectivity index (χ0n) is 18.3. The van der Waals surface area contributed by atoms with E-state index in [0.717, 1.165) is 21.7 Å². The molecule has 0 bridgehead atoms. The molecular formula is C23H26F3N3O3S. The van der Waals surface area contributed by atoms with Gasteiger partial charge in [-0.2, -0.15) is 0 Å². The van der Waals surface area contributed by atoms with Crippen molar-refractivity contribution in [3.05, 3.63) is 53.6 Å². The number of nitrogens with two attached hydrogens (primary N) is 1. The lowest BCUT2D eigenvalue weighted by molar-refractivity contribution is -0.274. The molecule has 1 saturated heterocycles. The minimum Gasteiger partial charge on any atom is -0.593 e. The number of piperazine rings is 1. The smallest absolute Gasteiger partial charge is 0.573 e. The van der Waals surface area contributed by atoms with Crippen LogP contribution >= 0.6 is 0 Å². The zero-order valence-corrected chi connectivity index (χ0v) is 19.2. The molecule has 1 heterocycles. The fraction of sp³-hybridized carbons (Fsp3) is 0.435. The predicted molar refractivity (Wildman–Crippen MR) is 119 cm³/mol. The first kappa shape index (κ1) is 23.7. The molecule has 2 aromatic carbocycles. The fourth-order valence-electron chi connectivity index (χ4n) is 4.80. The van der Waals surface area contributed by atoms with Gasteiger partial charge in [-0.15, -0.1) is 17.5 Å². The van der Waals surface area contributed by atoms with Crippen LogP contribution in [0.4, 0.5) is 18.9 Å². The van der Waals surface area contributed by atoms with Crippen LogP contribution in [0.15, 0.2) is 47.4 Å². The number of hydrogen-bond donors (Lipinski definition) is 1. The van der Waals surface area contributed by atoms with Crippen molar-refractivity contribution in [2.75, 3.05) is 18.0 Å². The Labute approximate surface area is 193 Å². The highest BCUT2D eigenvalue weighted by Gasteiger charge is 2.41. The molecular weight excluding hydrogens is 455 g/mol. The topological polar surface area (TPSA) is 81.9 Å². The summed E-state index contributed by atoms with van der Waals surface area (Å²) in [6.07, 6.45) is -3.65. The van der Waals surface area contributed by atoms with Gasteiger partial charge in [-0.05, 0) is 62.6 Å². The van der Waals surface area contributed by atoms with Crippen LogP contribution in [0.1, 0.15) is 25.0 Å². The van der Waals surface area contributed by atoms with E-state index in [4.69, 9.17) is 5.73 Å². The Morgan fingerprint density at radius 2 is 1.73 bits per heavy atom. The lowest BCUT2D eigenvalue weighted by Crippen LogP contribution is -2.58. The molecule has 10 heteroatoms. The number of fused-ring (bicyclic) bond motifs is 1. The molecule has 0 saturated carbocycles. The molecule has 2 N–H and O–H groups in total. The van der Waals surface area contributed by atoms with Gasteiger partial charge in [-0.25, -0.2) is 0 Å². The largest absolute Gasteiger partial charge is 0.593 e. The molecule has 1 amide bonds. The van der Waals surface area contributed by atoms with Crippen LogP contribution in [0.2, 0.25) is 0 Å². The number of primary amides is 1. The molecule has 0 spiro atoms. The zero-order chi connectivity index (χ0) is 23.9. The molecule has 1 aliphatic heterocycles. The highest BCUT2D eigenvalue weighted by Crippen LogP contribution is 2.36. The molecule has 1 aliphatic carbocycles. The fourth-order valence-corrected chi connectivity index (χ4v) is 6.43. The van der Waals surface area contributed by atoms with Gasteiger partial charge >= 0.3 is 6.36 Å². The predicted octanol–water partition coefficient (Wildman–Crippen LogP) is 3.41. The maximum atomic E-state index is 13.7. The average Bonchev–Trinajstić information content (AvgIpc) is 3.17. The number of alkyl halides is 3. The molecule has 2 aliphatic rings.